The second-order valence-corrected chi connectivity index (χ2v) is 6.25. The number of nitrogens with zero attached hydrogens (tertiary/aromatic N) is 1. The molecular weight excluding hydrogens is 304 g/mol. The normalized spacial score (nSPS) is 11.5. The first-order chi connectivity index (χ1) is 10.1. The number of rotatable bonds is 4. The van der Waals surface area contributed by atoms with Gasteiger partial charge < -0.3 is 5.32 Å². The first kappa shape index (κ1) is 15.4. The average Bonchev–Trinajstić information content (AvgIpc) is 2.49. The van der Waals surface area contributed by atoms with E-state index in [1.807, 2.05) is 25.1 Å². The van der Waals surface area contributed by atoms with Crippen LogP contribution in [-0.4, -0.2) is 11.2 Å². The van der Waals surface area contributed by atoms with E-state index in [9.17, 15) is 4.79 Å². The van der Waals surface area contributed by atoms with E-state index in [1.54, 1.807) is 36.4 Å². The van der Waals surface area contributed by atoms with Gasteiger partial charge in [-0.15, -0.1) is 11.8 Å². The summed E-state index contributed by atoms with van der Waals surface area (Å²) in [5, 5.41) is 12.1. The molecule has 2 aromatic rings. The molecule has 106 valence electrons. The van der Waals surface area contributed by atoms with E-state index in [-0.39, 0.29) is 11.2 Å². The lowest BCUT2D eigenvalue weighted by molar-refractivity contribution is -0.115. The van der Waals surface area contributed by atoms with E-state index in [1.165, 1.54) is 11.8 Å². The number of carbonyl (C=O) groups is 1. The van der Waals surface area contributed by atoms with Crippen molar-refractivity contribution < 1.29 is 4.79 Å². The molecule has 1 N–H and O–H groups in total. The zero-order valence-corrected chi connectivity index (χ0v) is 12.9. The van der Waals surface area contributed by atoms with Crippen molar-refractivity contribution >= 4 is 35.0 Å². The van der Waals surface area contributed by atoms with E-state index < -0.39 is 0 Å². The number of carbonyl (C=O) groups excluding carboxylic acids is 1. The molecule has 5 heteroatoms. The molecule has 1 atom stereocenters. The smallest absolute Gasteiger partial charge is 0.237 e. The lowest BCUT2D eigenvalue weighted by Gasteiger charge is -2.12. The number of anilines is 1. The molecule has 0 heterocycles. The Morgan fingerprint density at radius 3 is 2.67 bits per heavy atom. The third-order valence-corrected chi connectivity index (χ3v) is 4.12. The van der Waals surface area contributed by atoms with Crippen molar-refractivity contribution in [2.45, 2.75) is 17.1 Å². The van der Waals surface area contributed by atoms with Gasteiger partial charge in [0.1, 0.15) is 0 Å². The standard InChI is InChI=1S/C16H13ClN2OS/c1-11(21-15-7-5-13(17)6-8-15)16(20)19-14-4-2-3-12(9-14)10-18/h2-9,11H,1H3,(H,19,20)/t11-/m0/s1. The van der Waals surface area contributed by atoms with E-state index >= 15 is 0 Å². The summed E-state index contributed by atoms with van der Waals surface area (Å²) < 4.78 is 0. The summed E-state index contributed by atoms with van der Waals surface area (Å²) in [5.41, 5.74) is 1.15. The van der Waals surface area contributed by atoms with Crippen LogP contribution in [0.4, 0.5) is 5.69 Å². The highest BCUT2D eigenvalue weighted by atomic mass is 35.5. The van der Waals surface area contributed by atoms with Crippen LogP contribution < -0.4 is 5.32 Å². The lowest BCUT2D eigenvalue weighted by Crippen LogP contribution is -2.22. The predicted molar refractivity (Wildman–Crippen MR) is 86.6 cm³/mol. The molecular formula is C16H13ClN2OS. The second-order valence-electron chi connectivity index (χ2n) is 4.40. The van der Waals surface area contributed by atoms with Gasteiger partial charge in [-0.2, -0.15) is 5.26 Å². The Balaban J connectivity index is 1.99. The molecule has 0 aromatic heterocycles. The summed E-state index contributed by atoms with van der Waals surface area (Å²) >= 11 is 7.29. The third-order valence-electron chi connectivity index (χ3n) is 2.75. The van der Waals surface area contributed by atoms with Crippen LogP contribution in [0.25, 0.3) is 0 Å². The quantitative estimate of drug-likeness (QED) is 0.854. The zero-order chi connectivity index (χ0) is 15.2. The molecule has 0 aliphatic heterocycles. The maximum Gasteiger partial charge on any atom is 0.237 e. The van der Waals surface area contributed by atoms with Gasteiger partial charge in [0.2, 0.25) is 5.91 Å². The minimum Gasteiger partial charge on any atom is -0.325 e. The zero-order valence-electron chi connectivity index (χ0n) is 11.3. The maximum atomic E-state index is 12.1. The largest absolute Gasteiger partial charge is 0.325 e. The molecule has 0 aliphatic rings. The fourth-order valence-corrected chi connectivity index (χ4v) is 2.67. The Hall–Kier alpha value is -1.96. The average molecular weight is 317 g/mol. The molecule has 1 amide bonds. The van der Waals surface area contributed by atoms with Gasteiger partial charge in [-0.05, 0) is 49.4 Å². The van der Waals surface area contributed by atoms with Crippen LogP contribution in [0.2, 0.25) is 5.02 Å². The minimum absolute atomic E-state index is 0.106. The Kier molecular flexibility index (Phi) is 5.26. The molecule has 3 nitrogen and oxygen atoms in total. The van der Waals surface area contributed by atoms with E-state index in [0.717, 1.165) is 4.90 Å². The van der Waals surface area contributed by atoms with Crippen molar-refractivity contribution in [2.75, 3.05) is 5.32 Å². The summed E-state index contributed by atoms with van der Waals surface area (Å²) in [4.78, 5) is 13.1. The van der Waals surface area contributed by atoms with Gasteiger partial charge in [-0.1, -0.05) is 17.7 Å². The summed E-state index contributed by atoms with van der Waals surface area (Å²) in [6, 6.07) is 16.3. The molecule has 0 radical (unpaired) electrons. The molecule has 2 aromatic carbocycles. The molecule has 0 fully saturated rings. The van der Waals surface area contributed by atoms with Crippen LogP contribution in [0.15, 0.2) is 53.4 Å². The Bertz CT molecular complexity index is 679. The molecule has 21 heavy (non-hydrogen) atoms. The van der Waals surface area contributed by atoms with Crippen LogP contribution in [0.5, 0.6) is 0 Å². The number of benzene rings is 2. The monoisotopic (exact) mass is 316 g/mol. The number of nitriles is 1. The predicted octanol–water partition coefficient (Wildman–Crippen LogP) is 4.33. The number of hydrogen-bond donors (Lipinski definition) is 1. The van der Waals surface area contributed by atoms with Crippen molar-refractivity contribution in [2.24, 2.45) is 0 Å². The van der Waals surface area contributed by atoms with Crippen LogP contribution in [-0.2, 0) is 4.79 Å². The Morgan fingerprint density at radius 2 is 2.00 bits per heavy atom. The number of hydrogen-bond acceptors (Lipinski definition) is 3. The number of thioether (sulfide) groups is 1. The summed E-state index contributed by atoms with van der Waals surface area (Å²) in [5.74, 6) is -0.106. The Labute approximate surface area is 132 Å². The minimum atomic E-state index is -0.253. The maximum absolute atomic E-state index is 12.1. The van der Waals surface area contributed by atoms with Gasteiger partial charge in [-0.25, -0.2) is 0 Å². The van der Waals surface area contributed by atoms with Crippen molar-refractivity contribution in [3.8, 4) is 6.07 Å². The molecule has 0 spiro atoms. The highest BCUT2D eigenvalue weighted by Crippen LogP contribution is 2.25. The highest BCUT2D eigenvalue weighted by molar-refractivity contribution is 8.00. The second kappa shape index (κ2) is 7.16. The first-order valence-electron chi connectivity index (χ1n) is 6.32. The molecule has 2 rings (SSSR count). The topological polar surface area (TPSA) is 52.9 Å². The van der Waals surface area contributed by atoms with Gasteiger partial charge in [-0.3, -0.25) is 4.79 Å². The number of amides is 1. The lowest BCUT2D eigenvalue weighted by atomic mass is 10.2. The van der Waals surface area contributed by atoms with Crippen LogP contribution >= 0.6 is 23.4 Å². The van der Waals surface area contributed by atoms with Gasteiger partial charge in [0, 0.05) is 15.6 Å². The molecule has 0 unspecified atom stereocenters. The van der Waals surface area contributed by atoms with Crippen molar-refractivity contribution in [1.29, 1.82) is 5.26 Å². The van der Waals surface area contributed by atoms with Gasteiger partial charge in [0.25, 0.3) is 0 Å². The van der Waals surface area contributed by atoms with Gasteiger partial charge in [0.15, 0.2) is 0 Å². The van der Waals surface area contributed by atoms with Crippen molar-refractivity contribution in [3.63, 3.8) is 0 Å². The number of halogens is 1. The first-order valence-corrected chi connectivity index (χ1v) is 7.57. The summed E-state index contributed by atoms with van der Waals surface area (Å²) in [7, 11) is 0. The number of nitrogens with one attached hydrogen (secondary N) is 1. The van der Waals surface area contributed by atoms with Crippen molar-refractivity contribution in [3.05, 3.63) is 59.1 Å². The van der Waals surface area contributed by atoms with Crippen LogP contribution in [0.1, 0.15) is 12.5 Å². The third kappa shape index (κ3) is 4.52. The van der Waals surface area contributed by atoms with Crippen LogP contribution in [0.3, 0.4) is 0 Å². The summed E-state index contributed by atoms with van der Waals surface area (Å²) in [6.07, 6.45) is 0. The van der Waals surface area contributed by atoms with Gasteiger partial charge >= 0.3 is 0 Å². The van der Waals surface area contributed by atoms with Gasteiger partial charge in [0.05, 0.1) is 16.9 Å². The highest BCUT2D eigenvalue weighted by Gasteiger charge is 2.14. The van der Waals surface area contributed by atoms with E-state index in [4.69, 9.17) is 16.9 Å². The molecule has 0 bridgehead atoms. The summed E-state index contributed by atoms with van der Waals surface area (Å²) in [6.45, 7) is 1.84. The van der Waals surface area contributed by atoms with Crippen molar-refractivity contribution in [1.82, 2.24) is 0 Å². The fourth-order valence-electron chi connectivity index (χ4n) is 1.68. The fraction of sp³-hybridized carbons (Fsp3) is 0.125. The molecule has 0 aliphatic carbocycles. The van der Waals surface area contributed by atoms with Crippen LogP contribution in [0, 0.1) is 11.3 Å². The Morgan fingerprint density at radius 1 is 1.29 bits per heavy atom. The van der Waals surface area contributed by atoms with E-state index in [0.29, 0.717) is 16.3 Å². The molecule has 0 saturated carbocycles. The van der Waals surface area contributed by atoms with E-state index in [2.05, 4.69) is 5.32 Å². The SMILES string of the molecule is C[C@H](Sc1ccc(Cl)cc1)C(=O)Nc1cccc(C#N)c1. The molecule has 0 saturated heterocycles.